The number of hydrogen-bond acceptors (Lipinski definition) is 4. The number of ether oxygens (including phenoxy) is 1. The fourth-order valence-electron chi connectivity index (χ4n) is 3.84. The topological polar surface area (TPSA) is 64.4 Å². The van der Waals surface area contributed by atoms with Crippen LogP contribution in [-0.2, 0) is 6.42 Å². The van der Waals surface area contributed by atoms with Crippen molar-refractivity contribution in [2.24, 2.45) is 0 Å². The molecule has 0 atom stereocenters. The van der Waals surface area contributed by atoms with Gasteiger partial charge in [-0.05, 0) is 36.4 Å². The van der Waals surface area contributed by atoms with Gasteiger partial charge in [-0.15, -0.1) is 0 Å². The lowest BCUT2D eigenvalue weighted by Crippen LogP contribution is -2.47. The van der Waals surface area contributed by atoms with Crippen LogP contribution in [-0.4, -0.2) is 54.7 Å². The summed E-state index contributed by atoms with van der Waals surface area (Å²) in [7, 11) is 1.70. The van der Waals surface area contributed by atoms with Crippen molar-refractivity contribution in [2.45, 2.75) is 6.42 Å². The highest BCUT2D eigenvalue weighted by Gasteiger charge is 2.20. The van der Waals surface area contributed by atoms with Gasteiger partial charge in [0, 0.05) is 50.4 Å². The van der Waals surface area contributed by atoms with Crippen molar-refractivity contribution < 1.29 is 9.13 Å². The Morgan fingerprint density at radius 3 is 2.45 bits per heavy atom. The average molecular weight is 396 g/mol. The minimum atomic E-state index is -0.291. The number of piperazine rings is 1. The van der Waals surface area contributed by atoms with E-state index in [1.54, 1.807) is 19.2 Å². The second-order valence-electron chi connectivity index (χ2n) is 7.19. The minimum absolute atomic E-state index is 0.236. The second kappa shape index (κ2) is 8.53. The van der Waals surface area contributed by atoms with Gasteiger partial charge < -0.3 is 19.6 Å². The Balaban J connectivity index is 1.38. The van der Waals surface area contributed by atoms with E-state index in [0.717, 1.165) is 67.5 Å². The molecule has 4 rings (SSSR count). The fraction of sp³-hybridized carbons (Fsp3) is 0.318. The Morgan fingerprint density at radius 1 is 1.00 bits per heavy atom. The predicted molar refractivity (Wildman–Crippen MR) is 112 cm³/mol. The number of halogens is 1. The van der Waals surface area contributed by atoms with E-state index in [1.165, 1.54) is 12.1 Å². The molecular formula is C22H25FN4O2. The SMILES string of the molecule is COc1ccccc1N1CCN(CCc2[nH]c(=O)[nH]c2-c2ccc(F)cc2)CC1. The highest BCUT2D eigenvalue weighted by molar-refractivity contribution is 5.61. The lowest BCUT2D eigenvalue weighted by molar-refractivity contribution is 0.259. The summed E-state index contributed by atoms with van der Waals surface area (Å²) < 4.78 is 18.7. The maximum atomic E-state index is 13.2. The number of aromatic amines is 2. The maximum Gasteiger partial charge on any atom is 0.323 e. The molecule has 0 aliphatic carbocycles. The Hall–Kier alpha value is -3.06. The first-order chi connectivity index (χ1) is 14.1. The molecule has 1 aliphatic rings. The van der Waals surface area contributed by atoms with Gasteiger partial charge in [0.1, 0.15) is 11.6 Å². The van der Waals surface area contributed by atoms with Crippen LogP contribution in [0.1, 0.15) is 5.69 Å². The van der Waals surface area contributed by atoms with Crippen LogP contribution in [0, 0.1) is 5.82 Å². The molecule has 1 aliphatic heterocycles. The molecule has 0 radical (unpaired) electrons. The third kappa shape index (κ3) is 4.35. The summed E-state index contributed by atoms with van der Waals surface area (Å²) in [6, 6.07) is 14.3. The van der Waals surface area contributed by atoms with E-state index >= 15 is 0 Å². The lowest BCUT2D eigenvalue weighted by Gasteiger charge is -2.36. The van der Waals surface area contributed by atoms with E-state index in [4.69, 9.17) is 4.74 Å². The molecule has 29 heavy (non-hydrogen) atoms. The minimum Gasteiger partial charge on any atom is -0.495 e. The molecule has 152 valence electrons. The Kier molecular flexibility index (Phi) is 5.67. The van der Waals surface area contributed by atoms with Gasteiger partial charge >= 0.3 is 5.69 Å². The molecule has 2 heterocycles. The summed E-state index contributed by atoms with van der Waals surface area (Å²) in [6.07, 6.45) is 0.722. The molecule has 0 spiro atoms. The van der Waals surface area contributed by atoms with Gasteiger partial charge in [0.2, 0.25) is 0 Å². The van der Waals surface area contributed by atoms with Crippen LogP contribution in [0.5, 0.6) is 5.75 Å². The van der Waals surface area contributed by atoms with Crippen LogP contribution < -0.4 is 15.3 Å². The van der Waals surface area contributed by atoms with Crippen LogP contribution in [0.15, 0.2) is 53.3 Å². The summed E-state index contributed by atoms with van der Waals surface area (Å²) in [5.74, 6) is 0.607. The van der Waals surface area contributed by atoms with Crippen molar-refractivity contribution in [3.63, 3.8) is 0 Å². The summed E-state index contributed by atoms with van der Waals surface area (Å²) in [5, 5.41) is 0. The molecule has 2 aromatic carbocycles. The number of imidazole rings is 1. The summed E-state index contributed by atoms with van der Waals surface area (Å²) in [5.41, 5.74) is 3.29. The molecular weight excluding hydrogens is 371 g/mol. The second-order valence-corrected chi connectivity index (χ2v) is 7.19. The highest BCUT2D eigenvalue weighted by Crippen LogP contribution is 2.28. The van der Waals surface area contributed by atoms with E-state index in [0.29, 0.717) is 0 Å². The van der Waals surface area contributed by atoms with Gasteiger partial charge in [-0.1, -0.05) is 12.1 Å². The quantitative estimate of drug-likeness (QED) is 0.673. The van der Waals surface area contributed by atoms with Crippen molar-refractivity contribution in [2.75, 3.05) is 44.7 Å². The maximum absolute atomic E-state index is 13.2. The van der Waals surface area contributed by atoms with Gasteiger partial charge in [-0.3, -0.25) is 4.90 Å². The lowest BCUT2D eigenvalue weighted by atomic mass is 10.1. The summed E-state index contributed by atoms with van der Waals surface area (Å²) >= 11 is 0. The highest BCUT2D eigenvalue weighted by atomic mass is 19.1. The largest absolute Gasteiger partial charge is 0.495 e. The van der Waals surface area contributed by atoms with Gasteiger partial charge in [0.25, 0.3) is 0 Å². The van der Waals surface area contributed by atoms with Crippen molar-refractivity contribution in [1.29, 1.82) is 0 Å². The zero-order chi connectivity index (χ0) is 20.2. The zero-order valence-corrected chi connectivity index (χ0v) is 16.5. The summed E-state index contributed by atoms with van der Waals surface area (Å²) in [4.78, 5) is 22.3. The third-order valence-corrected chi connectivity index (χ3v) is 5.41. The molecule has 7 heteroatoms. The first-order valence-electron chi connectivity index (χ1n) is 9.81. The smallest absolute Gasteiger partial charge is 0.323 e. The van der Waals surface area contributed by atoms with Crippen molar-refractivity contribution in [1.82, 2.24) is 14.9 Å². The van der Waals surface area contributed by atoms with Crippen molar-refractivity contribution in [3.8, 4) is 17.0 Å². The Bertz CT molecular complexity index is 1000. The monoisotopic (exact) mass is 396 g/mol. The average Bonchev–Trinajstić information content (AvgIpc) is 3.13. The number of hydrogen-bond donors (Lipinski definition) is 2. The van der Waals surface area contributed by atoms with Crippen LogP contribution in [0.25, 0.3) is 11.3 Å². The van der Waals surface area contributed by atoms with Gasteiger partial charge in [-0.2, -0.15) is 0 Å². The molecule has 0 amide bonds. The number of H-pyrrole nitrogens is 2. The number of para-hydroxylation sites is 2. The van der Waals surface area contributed by atoms with Gasteiger partial charge in [0.15, 0.2) is 0 Å². The fourth-order valence-corrected chi connectivity index (χ4v) is 3.84. The van der Waals surface area contributed by atoms with Crippen LogP contribution in [0.4, 0.5) is 10.1 Å². The molecule has 6 nitrogen and oxygen atoms in total. The van der Waals surface area contributed by atoms with Gasteiger partial charge in [0.05, 0.1) is 18.5 Å². The molecule has 0 saturated carbocycles. The van der Waals surface area contributed by atoms with Crippen molar-refractivity contribution in [3.05, 3.63) is 70.5 Å². The van der Waals surface area contributed by atoms with Crippen LogP contribution in [0.2, 0.25) is 0 Å². The third-order valence-electron chi connectivity index (χ3n) is 5.41. The van der Waals surface area contributed by atoms with E-state index in [9.17, 15) is 9.18 Å². The van der Waals surface area contributed by atoms with E-state index < -0.39 is 0 Å². The molecule has 1 fully saturated rings. The molecule has 3 aromatic rings. The van der Waals surface area contributed by atoms with Gasteiger partial charge in [-0.25, -0.2) is 9.18 Å². The number of benzene rings is 2. The molecule has 1 saturated heterocycles. The van der Waals surface area contributed by atoms with Crippen LogP contribution >= 0.6 is 0 Å². The van der Waals surface area contributed by atoms with E-state index in [2.05, 4.69) is 25.8 Å². The molecule has 1 aromatic heterocycles. The standard InChI is InChI=1S/C22H25FN4O2/c1-29-20-5-3-2-4-19(20)27-14-12-26(13-15-27)11-10-18-21(25-22(28)24-18)16-6-8-17(23)9-7-16/h2-9H,10-15H2,1H3,(H2,24,25,28). The Morgan fingerprint density at radius 2 is 1.72 bits per heavy atom. The summed E-state index contributed by atoms with van der Waals surface area (Å²) in [6.45, 7) is 4.59. The molecule has 0 bridgehead atoms. The number of anilines is 1. The number of aromatic nitrogens is 2. The van der Waals surface area contributed by atoms with E-state index in [1.807, 2.05) is 18.2 Å². The van der Waals surface area contributed by atoms with Crippen molar-refractivity contribution >= 4 is 5.69 Å². The first-order valence-corrected chi connectivity index (χ1v) is 9.81. The number of methoxy groups -OCH3 is 1. The number of nitrogens with one attached hydrogen (secondary N) is 2. The van der Waals surface area contributed by atoms with Crippen LogP contribution in [0.3, 0.4) is 0 Å². The first kappa shape index (κ1) is 19.3. The number of rotatable bonds is 6. The number of nitrogens with zero attached hydrogens (tertiary/aromatic N) is 2. The predicted octanol–water partition coefficient (Wildman–Crippen LogP) is 2.88. The Labute approximate surface area is 168 Å². The molecule has 0 unspecified atom stereocenters. The zero-order valence-electron chi connectivity index (χ0n) is 16.5. The van der Waals surface area contributed by atoms with E-state index in [-0.39, 0.29) is 11.5 Å². The molecule has 2 N–H and O–H groups in total. The normalized spacial score (nSPS) is 14.9.